The van der Waals surface area contributed by atoms with Crippen LogP contribution in [0.4, 0.5) is 0 Å². The average molecular weight is 423 g/mol. The lowest BCUT2D eigenvalue weighted by Crippen LogP contribution is -2.60. The second-order valence-corrected chi connectivity index (χ2v) is 10.9. The Balaban J connectivity index is 1.52. The zero-order valence-corrected chi connectivity index (χ0v) is 19.2. The molecule has 0 aromatic carbocycles. The molecule has 0 unspecified atom stereocenters. The molecule has 1 atom stereocenters. The maximum atomic E-state index is 13.3. The van der Waals surface area contributed by atoms with Gasteiger partial charge in [0.05, 0.1) is 0 Å². The van der Waals surface area contributed by atoms with E-state index in [1.165, 1.54) is 19.3 Å². The van der Waals surface area contributed by atoms with Gasteiger partial charge in [-0.25, -0.2) is 0 Å². The van der Waals surface area contributed by atoms with Crippen LogP contribution in [0.15, 0.2) is 0 Å². The summed E-state index contributed by atoms with van der Waals surface area (Å²) in [7, 11) is 0. The minimum Gasteiger partial charge on any atom is -0.361 e. The van der Waals surface area contributed by atoms with Gasteiger partial charge >= 0.3 is 0 Å². The van der Waals surface area contributed by atoms with E-state index >= 15 is 0 Å². The van der Waals surface area contributed by atoms with E-state index in [4.69, 9.17) is 12.2 Å². The quantitative estimate of drug-likeness (QED) is 0.375. The van der Waals surface area contributed by atoms with Gasteiger partial charge in [-0.15, -0.1) is 0 Å². The summed E-state index contributed by atoms with van der Waals surface area (Å²) in [6.07, 6.45) is 7.90. The Morgan fingerprint density at radius 2 is 1.52 bits per heavy atom. The molecular weight excluding hydrogens is 384 g/mol. The molecule has 0 saturated heterocycles. The Bertz CT molecular complexity index is 599. The first-order valence-electron chi connectivity index (χ1n) is 11.3. The van der Waals surface area contributed by atoms with Gasteiger partial charge < -0.3 is 10.6 Å². The molecule has 0 aromatic heterocycles. The fourth-order valence-electron chi connectivity index (χ4n) is 5.93. The fraction of sp³-hybridized carbons (Fsp3) is 0.864. The number of carbonyl (C=O) groups excluding carboxylic acids is 2. The molecule has 0 aromatic rings. The van der Waals surface area contributed by atoms with Gasteiger partial charge in [-0.05, 0) is 86.8 Å². The van der Waals surface area contributed by atoms with Crippen LogP contribution in [0.5, 0.6) is 0 Å². The van der Waals surface area contributed by atoms with E-state index in [1.807, 2.05) is 13.8 Å². The standard InChI is InChI=1S/C22H38N4O2S/c1-13(2)5-6-23-21(29)26-25-19(27)18(14(3)4)24-20(28)22-10-15-7-16(11-22)9-17(8-15)12-22/h13-18H,5-12H2,1-4H3,(H,24,28)(H,25,27)(H2,23,26,29)/t15?,16?,17?,18-,22?/m0/s1. The predicted molar refractivity (Wildman–Crippen MR) is 119 cm³/mol. The van der Waals surface area contributed by atoms with Crippen molar-refractivity contribution in [3.63, 3.8) is 0 Å². The normalized spacial score (nSPS) is 30.9. The van der Waals surface area contributed by atoms with E-state index in [0.29, 0.717) is 28.8 Å². The Hall–Kier alpha value is -1.37. The Labute approximate surface area is 180 Å². The second kappa shape index (κ2) is 9.19. The Morgan fingerprint density at radius 3 is 2.00 bits per heavy atom. The van der Waals surface area contributed by atoms with Crippen LogP contribution >= 0.6 is 12.2 Å². The van der Waals surface area contributed by atoms with Crippen LogP contribution in [-0.4, -0.2) is 29.5 Å². The summed E-state index contributed by atoms with van der Waals surface area (Å²) in [6, 6.07) is -0.568. The Kier molecular flexibility index (Phi) is 7.07. The topological polar surface area (TPSA) is 82.3 Å². The first kappa shape index (κ1) is 22.3. The van der Waals surface area contributed by atoms with Crippen LogP contribution in [0.2, 0.25) is 0 Å². The monoisotopic (exact) mass is 422 g/mol. The van der Waals surface area contributed by atoms with Crippen molar-refractivity contribution < 1.29 is 9.59 Å². The molecule has 0 radical (unpaired) electrons. The van der Waals surface area contributed by atoms with Gasteiger partial charge in [0.2, 0.25) is 5.91 Å². The van der Waals surface area contributed by atoms with E-state index in [2.05, 4.69) is 35.3 Å². The summed E-state index contributed by atoms with van der Waals surface area (Å²) >= 11 is 5.22. The largest absolute Gasteiger partial charge is 0.361 e. The second-order valence-electron chi connectivity index (χ2n) is 10.4. The number of carbonyl (C=O) groups is 2. The molecule has 4 aliphatic rings. The van der Waals surface area contributed by atoms with Crippen molar-refractivity contribution in [2.24, 2.45) is 35.0 Å². The van der Waals surface area contributed by atoms with Crippen molar-refractivity contribution in [2.75, 3.05) is 6.54 Å². The van der Waals surface area contributed by atoms with Crippen molar-refractivity contribution in [2.45, 2.75) is 78.7 Å². The van der Waals surface area contributed by atoms with Gasteiger partial charge in [0.15, 0.2) is 5.11 Å². The van der Waals surface area contributed by atoms with Gasteiger partial charge in [-0.1, -0.05) is 27.7 Å². The van der Waals surface area contributed by atoms with Crippen LogP contribution < -0.4 is 21.5 Å². The lowest BCUT2D eigenvalue weighted by atomic mass is 9.49. The zero-order valence-electron chi connectivity index (χ0n) is 18.3. The summed E-state index contributed by atoms with van der Waals surface area (Å²) in [5.74, 6) is 2.54. The predicted octanol–water partition coefficient (Wildman–Crippen LogP) is 2.89. The number of hydrogen-bond acceptors (Lipinski definition) is 3. The molecule has 164 valence electrons. The maximum Gasteiger partial charge on any atom is 0.261 e. The third-order valence-corrected chi connectivity index (χ3v) is 7.31. The summed E-state index contributed by atoms with van der Waals surface area (Å²) in [6.45, 7) is 8.99. The Morgan fingerprint density at radius 1 is 0.966 bits per heavy atom. The van der Waals surface area contributed by atoms with Crippen molar-refractivity contribution in [1.29, 1.82) is 0 Å². The zero-order chi connectivity index (χ0) is 21.2. The van der Waals surface area contributed by atoms with Crippen LogP contribution in [0.25, 0.3) is 0 Å². The number of thiocarbonyl (C=S) groups is 1. The molecule has 4 bridgehead atoms. The van der Waals surface area contributed by atoms with Crippen molar-refractivity contribution in [3.05, 3.63) is 0 Å². The number of rotatable bonds is 7. The molecule has 0 spiro atoms. The molecule has 0 heterocycles. The minimum atomic E-state index is -0.568. The van der Waals surface area contributed by atoms with E-state index < -0.39 is 6.04 Å². The van der Waals surface area contributed by atoms with Gasteiger partial charge in [-0.2, -0.15) is 0 Å². The summed E-state index contributed by atoms with van der Waals surface area (Å²) in [4.78, 5) is 26.1. The maximum absolute atomic E-state index is 13.3. The lowest BCUT2D eigenvalue weighted by Gasteiger charge is -2.55. The lowest BCUT2D eigenvalue weighted by molar-refractivity contribution is -0.149. The SMILES string of the molecule is CC(C)CCNC(=S)NNC(=O)[C@@H](NC(=O)C12CC3CC(CC(C3)C1)C2)C(C)C. The smallest absolute Gasteiger partial charge is 0.261 e. The summed E-state index contributed by atoms with van der Waals surface area (Å²) < 4.78 is 0. The molecule has 4 aliphatic carbocycles. The third kappa shape index (κ3) is 5.41. The molecular formula is C22H38N4O2S. The van der Waals surface area contributed by atoms with Gasteiger partial charge in [0.25, 0.3) is 5.91 Å². The number of hydrogen-bond donors (Lipinski definition) is 4. The van der Waals surface area contributed by atoms with E-state index in [9.17, 15) is 9.59 Å². The fourth-order valence-corrected chi connectivity index (χ4v) is 6.09. The molecule has 0 aliphatic heterocycles. The average Bonchev–Trinajstić information content (AvgIpc) is 2.62. The van der Waals surface area contributed by atoms with Crippen LogP contribution in [0.3, 0.4) is 0 Å². The van der Waals surface area contributed by atoms with E-state index in [-0.39, 0.29) is 23.1 Å². The highest BCUT2D eigenvalue weighted by molar-refractivity contribution is 7.80. The molecule has 7 heteroatoms. The van der Waals surface area contributed by atoms with Gasteiger partial charge in [-0.3, -0.25) is 20.4 Å². The number of nitrogens with one attached hydrogen (secondary N) is 4. The summed E-state index contributed by atoms with van der Waals surface area (Å²) in [5.41, 5.74) is 5.20. The van der Waals surface area contributed by atoms with Crippen LogP contribution in [-0.2, 0) is 9.59 Å². The number of hydrazine groups is 1. The van der Waals surface area contributed by atoms with Crippen LogP contribution in [0.1, 0.15) is 72.6 Å². The molecule has 29 heavy (non-hydrogen) atoms. The molecule has 4 saturated carbocycles. The summed E-state index contributed by atoms with van der Waals surface area (Å²) in [5, 5.41) is 6.58. The third-order valence-electron chi connectivity index (χ3n) is 7.06. The van der Waals surface area contributed by atoms with Crippen molar-refractivity contribution in [3.8, 4) is 0 Å². The van der Waals surface area contributed by atoms with E-state index in [1.54, 1.807) is 0 Å². The van der Waals surface area contributed by atoms with Gasteiger partial charge in [0, 0.05) is 12.0 Å². The first-order chi connectivity index (χ1) is 13.7. The van der Waals surface area contributed by atoms with Gasteiger partial charge in [0.1, 0.15) is 6.04 Å². The molecule has 6 nitrogen and oxygen atoms in total. The van der Waals surface area contributed by atoms with E-state index in [0.717, 1.165) is 32.2 Å². The minimum absolute atomic E-state index is 0.00265. The van der Waals surface area contributed by atoms with Crippen LogP contribution in [0, 0.1) is 35.0 Å². The molecule has 4 fully saturated rings. The highest BCUT2D eigenvalue weighted by Gasteiger charge is 2.55. The first-order valence-corrected chi connectivity index (χ1v) is 11.7. The molecule has 2 amide bonds. The van der Waals surface area contributed by atoms with Crippen molar-refractivity contribution >= 4 is 29.1 Å². The highest BCUT2D eigenvalue weighted by atomic mass is 32.1. The molecule has 4 N–H and O–H groups in total. The molecule has 4 rings (SSSR count). The highest BCUT2D eigenvalue weighted by Crippen LogP contribution is 2.60. The number of amides is 2. The van der Waals surface area contributed by atoms with Crippen molar-refractivity contribution in [1.82, 2.24) is 21.5 Å².